The molecular weight excluding hydrogens is 376 g/mol. The predicted molar refractivity (Wildman–Crippen MR) is 90.0 cm³/mol. The predicted octanol–water partition coefficient (Wildman–Crippen LogP) is 4.71. The van der Waals surface area contributed by atoms with Crippen molar-refractivity contribution in [3.8, 4) is 0 Å². The van der Waals surface area contributed by atoms with Crippen LogP contribution in [-0.4, -0.2) is 23.8 Å². The molecular formula is C15H18BrClO3S. The molecule has 0 aliphatic carbocycles. The summed E-state index contributed by atoms with van der Waals surface area (Å²) < 4.78 is 11.5. The molecule has 1 aromatic rings. The lowest BCUT2D eigenvalue weighted by molar-refractivity contribution is -0.155. The first-order chi connectivity index (χ1) is 10.0. The van der Waals surface area contributed by atoms with Crippen LogP contribution in [0.15, 0.2) is 18.2 Å². The second-order valence-corrected chi connectivity index (χ2v) is 6.94. The summed E-state index contributed by atoms with van der Waals surface area (Å²) in [6.45, 7) is 1.45. The number of halogens is 2. The van der Waals surface area contributed by atoms with Gasteiger partial charge >= 0.3 is 5.97 Å². The van der Waals surface area contributed by atoms with Gasteiger partial charge < -0.3 is 9.47 Å². The number of benzene rings is 1. The third kappa shape index (κ3) is 4.62. The summed E-state index contributed by atoms with van der Waals surface area (Å²) >= 11 is 11.2. The molecule has 1 aliphatic heterocycles. The van der Waals surface area contributed by atoms with Gasteiger partial charge in [0.2, 0.25) is 0 Å². The maximum Gasteiger partial charge on any atom is 0.302 e. The molecule has 0 saturated carbocycles. The van der Waals surface area contributed by atoms with E-state index in [1.54, 1.807) is 11.8 Å². The van der Waals surface area contributed by atoms with E-state index >= 15 is 0 Å². The van der Waals surface area contributed by atoms with Gasteiger partial charge in [-0.25, -0.2) is 0 Å². The fourth-order valence-electron chi connectivity index (χ4n) is 2.44. The van der Waals surface area contributed by atoms with Crippen LogP contribution in [0.25, 0.3) is 0 Å². The van der Waals surface area contributed by atoms with Crippen LogP contribution in [0.5, 0.6) is 0 Å². The van der Waals surface area contributed by atoms with E-state index in [2.05, 4.69) is 22.0 Å². The van der Waals surface area contributed by atoms with E-state index in [1.807, 2.05) is 18.4 Å². The molecule has 0 bridgehead atoms. The zero-order valence-corrected chi connectivity index (χ0v) is 15.1. The van der Waals surface area contributed by atoms with Crippen LogP contribution in [0.2, 0.25) is 5.02 Å². The number of carbonyl (C=O) groups is 1. The van der Waals surface area contributed by atoms with Crippen molar-refractivity contribution in [2.45, 2.75) is 42.7 Å². The fourth-order valence-corrected chi connectivity index (χ4v) is 3.90. The maximum absolute atomic E-state index is 11.2. The van der Waals surface area contributed by atoms with Crippen molar-refractivity contribution >= 4 is 45.3 Å². The normalized spacial score (nSPS) is 25.6. The summed E-state index contributed by atoms with van der Waals surface area (Å²) in [5, 5.41) is 1.44. The topological polar surface area (TPSA) is 35.5 Å². The molecule has 21 heavy (non-hydrogen) atoms. The van der Waals surface area contributed by atoms with Crippen molar-refractivity contribution in [2.75, 3.05) is 6.26 Å². The van der Waals surface area contributed by atoms with Crippen LogP contribution in [0.3, 0.4) is 0 Å². The van der Waals surface area contributed by atoms with E-state index in [0.717, 1.165) is 22.6 Å². The SMILES string of the molecule is CSC1CC(OC(C)=O)CC(c2ccc(Cl)c(CBr)c2)O1. The lowest BCUT2D eigenvalue weighted by atomic mass is 9.98. The molecule has 6 heteroatoms. The van der Waals surface area contributed by atoms with Crippen molar-refractivity contribution in [1.82, 2.24) is 0 Å². The lowest BCUT2D eigenvalue weighted by Crippen LogP contribution is -2.32. The highest BCUT2D eigenvalue weighted by molar-refractivity contribution is 9.08. The monoisotopic (exact) mass is 392 g/mol. The van der Waals surface area contributed by atoms with Crippen molar-refractivity contribution < 1.29 is 14.3 Å². The van der Waals surface area contributed by atoms with E-state index in [0.29, 0.717) is 11.8 Å². The number of ether oxygens (including phenoxy) is 2. The van der Waals surface area contributed by atoms with Gasteiger partial charge in [0.1, 0.15) is 11.5 Å². The smallest absolute Gasteiger partial charge is 0.302 e. The summed E-state index contributed by atoms with van der Waals surface area (Å²) in [5.41, 5.74) is 2.15. The Morgan fingerprint density at radius 1 is 1.52 bits per heavy atom. The third-order valence-electron chi connectivity index (χ3n) is 3.43. The highest BCUT2D eigenvalue weighted by Crippen LogP contribution is 2.37. The van der Waals surface area contributed by atoms with E-state index < -0.39 is 0 Å². The van der Waals surface area contributed by atoms with Crippen molar-refractivity contribution in [2.24, 2.45) is 0 Å². The summed E-state index contributed by atoms with van der Waals surface area (Å²) in [4.78, 5) is 11.2. The third-order valence-corrected chi connectivity index (χ3v) is 5.23. The molecule has 1 fully saturated rings. The first kappa shape index (κ1) is 17.1. The molecule has 116 valence electrons. The Kier molecular flexibility index (Phi) is 6.41. The van der Waals surface area contributed by atoms with Crippen molar-refractivity contribution in [3.05, 3.63) is 34.3 Å². The molecule has 2 rings (SSSR count). The number of rotatable bonds is 4. The Labute approximate surface area is 142 Å². The van der Waals surface area contributed by atoms with Gasteiger partial charge in [-0.15, -0.1) is 11.8 Å². The molecule has 1 saturated heterocycles. The van der Waals surface area contributed by atoms with Crippen LogP contribution < -0.4 is 0 Å². The lowest BCUT2D eigenvalue weighted by Gasteiger charge is -2.34. The fraction of sp³-hybridized carbons (Fsp3) is 0.533. The number of esters is 1. The van der Waals surface area contributed by atoms with Gasteiger partial charge in [0.15, 0.2) is 0 Å². The molecule has 1 aromatic carbocycles. The van der Waals surface area contributed by atoms with Gasteiger partial charge in [0.05, 0.1) is 6.10 Å². The molecule has 0 amide bonds. The first-order valence-corrected chi connectivity index (χ1v) is 9.52. The van der Waals surface area contributed by atoms with Crippen LogP contribution in [-0.2, 0) is 19.6 Å². The molecule has 0 radical (unpaired) electrons. The van der Waals surface area contributed by atoms with Gasteiger partial charge in [-0.3, -0.25) is 4.79 Å². The van der Waals surface area contributed by atoms with E-state index in [9.17, 15) is 4.79 Å². The van der Waals surface area contributed by atoms with Gasteiger partial charge in [0.25, 0.3) is 0 Å². The average molecular weight is 394 g/mol. The average Bonchev–Trinajstić information content (AvgIpc) is 2.46. The Morgan fingerprint density at radius 2 is 2.29 bits per heavy atom. The molecule has 1 heterocycles. The largest absolute Gasteiger partial charge is 0.462 e. The minimum Gasteiger partial charge on any atom is -0.462 e. The quantitative estimate of drug-likeness (QED) is 0.548. The van der Waals surface area contributed by atoms with Crippen LogP contribution in [0.4, 0.5) is 0 Å². The second-order valence-electron chi connectivity index (χ2n) is 4.98. The Bertz CT molecular complexity index is 512. The molecule has 0 aromatic heterocycles. The van der Waals surface area contributed by atoms with Gasteiger partial charge in [-0.1, -0.05) is 39.7 Å². The van der Waals surface area contributed by atoms with Gasteiger partial charge in [-0.2, -0.15) is 0 Å². The Balaban J connectivity index is 2.18. The van der Waals surface area contributed by atoms with Crippen LogP contribution in [0.1, 0.15) is 37.0 Å². The molecule has 1 aliphatic rings. The summed E-state index contributed by atoms with van der Waals surface area (Å²) in [5.74, 6) is -0.238. The molecule has 0 spiro atoms. The highest BCUT2D eigenvalue weighted by atomic mass is 79.9. The van der Waals surface area contributed by atoms with Gasteiger partial charge in [-0.05, 0) is 23.4 Å². The van der Waals surface area contributed by atoms with Crippen molar-refractivity contribution in [1.29, 1.82) is 0 Å². The second kappa shape index (κ2) is 7.86. The van der Waals surface area contributed by atoms with Gasteiger partial charge in [0, 0.05) is 30.1 Å². The zero-order valence-electron chi connectivity index (χ0n) is 12.0. The minimum atomic E-state index is -0.238. The Hall–Kier alpha value is -0.230. The van der Waals surface area contributed by atoms with Crippen molar-refractivity contribution in [3.63, 3.8) is 0 Å². The summed E-state index contributed by atoms with van der Waals surface area (Å²) in [6.07, 6.45) is 3.25. The number of hydrogen-bond donors (Lipinski definition) is 0. The number of thioether (sulfide) groups is 1. The standard InChI is InChI=1S/C15H18BrClO3S/c1-9(18)19-12-6-14(20-15(7-12)21-2)10-3-4-13(17)11(5-10)8-16/h3-5,12,14-15H,6-8H2,1-2H3. The number of alkyl halides is 1. The van der Waals surface area contributed by atoms with Crippen LogP contribution >= 0.6 is 39.3 Å². The maximum atomic E-state index is 11.2. The van der Waals surface area contributed by atoms with E-state index in [1.165, 1.54) is 6.92 Å². The zero-order chi connectivity index (χ0) is 15.4. The summed E-state index contributed by atoms with van der Waals surface area (Å²) in [6, 6.07) is 5.92. The number of carbonyl (C=O) groups excluding carboxylic acids is 1. The molecule has 3 nitrogen and oxygen atoms in total. The molecule has 0 N–H and O–H groups in total. The minimum absolute atomic E-state index is 0.0381. The molecule has 3 atom stereocenters. The van der Waals surface area contributed by atoms with E-state index in [-0.39, 0.29) is 23.6 Å². The first-order valence-electron chi connectivity index (χ1n) is 6.73. The molecule has 3 unspecified atom stereocenters. The highest BCUT2D eigenvalue weighted by Gasteiger charge is 2.32. The van der Waals surface area contributed by atoms with Crippen LogP contribution in [0, 0.1) is 0 Å². The van der Waals surface area contributed by atoms with E-state index in [4.69, 9.17) is 21.1 Å². The number of hydrogen-bond acceptors (Lipinski definition) is 4. The Morgan fingerprint density at radius 3 is 2.90 bits per heavy atom. The summed E-state index contributed by atoms with van der Waals surface area (Å²) in [7, 11) is 0.